The van der Waals surface area contributed by atoms with Gasteiger partial charge < -0.3 is 9.88 Å². The molecule has 5 heteroatoms. The van der Waals surface area contributed by atoms with E-state index in [9.17, 15) is 0 Å². The standard InChI is InChI=1S/C15H21ClN4/c1-2-7-20-14-4-3-12(16)10-13(14)18-15(20)11-19-8-5-17-6-9-19/h3-4,10,17H,2,5-9,11H2,1H3. The van der Waals surface area contributed by atoms with Crippen molar-refractivity contribution in [2.45, 2.75) is 26.4 Å². The van der Waals surface area contributed by atoms with E-state index in [0.717, 1.165) is 62.1 Å². The predicted molar refractivity (Wildman–Crippen MR) is 83.2 cm³/mol. The van der Waals surface area contributed by atoms with Gasteiger partial charge in [-0.1, -0.05) is 18.5 Å². The minimum atomic E-state index is 0.757. The van der Waals surface area contributed by atoms with E-state index in [-0.39, 0.29) is 0 Å². The molecule has 1 aromatic carbocycles. The van der Waals surface area contributed by atoms with Crippen LogP contribution in [0.1, 0.15) is 19.2 Å². The van der Waals surface area contributed by atoms with Crippen LogP contribution in [0.25, 0.3) is 11.0 Å². The first-order chi connectivity index (χ1) is 9.78. The number of hydrogen-bond donors (Lipinski definition) is 1. The number of nitrogens with one attached hydrogen (secondary N) is 1. The summed E-state index contributed by atoms with van der Waals surface area (Å²) in [6.45, 7) is 8.47. The van der Waals surface area contributed by atoms with Crippen LogP contribution < -0.4 is 5.32 Å². The topological polar surface area (TPSA) is 33.1 Å². The van der Waals surface area contributed by atoms with Crippen molar-refractivity contribution in [2.75, 3.05) is 26.2 Å². The molecule has 1 aromatic heterocycles. The Morgan fingerprint density at radius 1 is 1.30 bits per heavy atom. The molecular formula is C15H21ClN4. The summed E-state index contributed by atoms with van der Waals surface area (Å²) in [5.74, 6) is 1.16. The van der Waals surface area contributed by atoms with Gasteiger partial charge in [0.2, 0.25) is 0 Å². The summed E-state index contributed by atoms with van der Waals surface area (Å²) in [5.41, 5.74) is 2.21. The van der Waals surface area contributed by atoms with Crippen LogP contribution in [-0.2, 0) is 13.1 Å². The molecule has 0 amide bonds. The summed E-state index contributed by atoms with van der Waals surface area (Å²) in [4.78, 5) is 7.27. The largest absolute Gasteiger partial charge is 0.327 e. The van der Waals surface area contributed by atoms with Crippen molar-refractivity contribution in [3.05, 3.63) is 29.0 Å². The Bertz CT molecular complexity index is 587. The Balaban J connectivity index is 1.93. The van der Waals surface area contributed by atoms with Crippen LogP contribution in [0.5, 0.6) is 0 Å². The third kappa shape index (κ3) is 2.82. The van der Waals surface area contributed by atoms with Crippen LogP contribution in [0.3, 0.4) is 0 Å². The Morgan fingerprint density at radius 2 is 2.10 bits per heavy atom. The third-order valence-electron chi connectivity index (χ3n) is 3.81. The number of aromatic nitrogens is 2. The first kappa shape index (κ1) is 13.9. The maximum Gasteiger partial charge on any atom is 0.124 e. The molecule has 0 atom stereocenters. The number of halogens is 1. The van der Waals surface area contributed by atoms with Gasteiger partial charge in [0.1, 0.15) is 5.82 Å². The second-order valence-electron chi connectivity index (χ2n) is 5.34. The van der Waals surface area contributed by atoms with Gasteiger partial charge in [-0.2, -0.15) is 0 Å². The lowest BCUT2D eigenvalue weighted by Gasteiger charge is -2.27. The fourth-order valence-electron chi connectivity index (χ4n) is 2.82. The number of benzene rings is 1. The normalized spacial score (nSPS) is 16.9. The number of rotatable bonds is 4. The van der Waals surface area contributed by atoms with Crippen LogP contribution in [0.4, 0.5) is 0 Å². The molecule has 0 aliphatic carbocycles. The van der Waals surface area contributed by atoms with Crippen molar-refractivity contribution >= 4 is 22.6 Å². The minimum absolute atomic E-state index is 0.757. The zero-order chi connectivity index (χ0) is 13.9. The smallest absolute Gasteiger partial charge is 0.124 e. The summed E-state index contributed by atoms with van der Waals surface area (Å²) in [6.07, 6.45) is 1.11. The first-order valence-corrected chi connectivity index (χ1v) is 7.73. The zero-order valence-corrected chi connectivity index (χ0v) is 12.7. The monoisotopic (exact) mass is 292 g/mol. The van der Waals surface area contributed by atoms with Gasteiger partial charge in [-0.3, -0.25) is 4.90 Å². The first-order valence-electron chi connectivity index (χ1n) is 7.35. The minimum Gasteiger partial charge on any atom is -0.327 e. The second kappa shape index (κ2) is 6.12. The van der Waals surface area contributed by atoms with Crippen molar-refractivity contribution in [1.82, 2.24) is 19.8 Å². The maximum absolute atomic E-state index is 6.08. The molecule has 0 unspecified atom stereocenters. The Labute approximate surface area is 124 Å². The van der Waals surface area contributed by atoms with Crippen molar-refractivity contribution in [1.29, 1.82) is 0 Å². The van der Waals surface area contributed by atoms with E-state index in [1.165, 1.54) is 5.52 Å². The van der Waals surface area contributed by atoms with Crippen LogP contribution >= 0.6 is 11.6 Å². The molecule has 0 radical (unpaired) electrons. The molecule has 1 N–H and O–H groups in total. The van der Waals surface area contributed by atoms with Crippen molar-refractivity contribution in [2.24, 2.45) is 0 Å². The van der Waals surface area contributed by atoms with Gasteiger partial charge in [0.15, 0.2) is 0 Å². The number of nitrogens with zero attached hydrogens (tertiary/aromatic N) is 3. The molecule has 0 spiro atoms. The Hall–Kier alpha value is -1.10. The average Bonchev–Trinajstić information content (AvgIpc) is 2.77. The van der Waals surface area contributed by atoms with E-state index in [1.807, 2.05) is 12.1 Å². The highest BCUT2D eigenvalue weighted by Gasteiger charge is 2.15. The molecule has 4 nitrogen and oxygen atoms in total. The van der Waals surface area contributed by atoms with Crippen LogP contribution in [0.15, 0.2) is 18.2 Å². The number of fused-ring (bicyclic) bond motifs is 1. The van der Waals surface area contributed by atoms with E-state index >= 15 is 0 Å². The van der Waals surface area contributed by atoms with Crippen LogP contribution in [0.2, 0.25) is 5.02 Å². The highest BCUT2D eigenvalue weighted by molar-refractivity contribution is 6.31. The zero-order valence-electron chi connectivity index (χ0n) is 11.9. The second-order valence-corrected chi connectivity index (χ2v) is 5.78. The average molecular weight is 293 g/mol. The Morgan fingerprint density at radius 3 is 2.85 bits per heavy atom. The van der Waals surface area contributed by atoms with Crippen molar-refractivity contribution < 1.29 is 0 Å². The van der Waals surface area contributed by atoms with Gasteiger partial charge in [0.05, 0.1) is 17.6 Å². The van der Waals surface area contributed by atoms with Gasteiger partial charge in [0, 0.05) is 37.7 Å². The summed E-state index contributed by atoms with van der Waals surface area (Å²) < 4.78 is 2.34. The van der Waals surface area contributed by atoms with Crippen molar-refractivity contribution in [3.8, 4) is 0 Å². The van der Waals surface area contributed by atoms with E-state index in [4.69, 9.17) is 16.6 Å². The summed E-state index contributed by atoms with van der Waals surface area (Å²) in [7, 11) is 0. The lowest BCUT2D eigenvalue weighted by atomic mass is 10.3. The molecule has 1 fully saturated rings. The van der Waals surface area contributed by atoms with Gasteiger partial charge in [0.25, 0.3) is 0 Å². The Kier molecular flexibility index (Phi) is 4.24. The van der Waals surface area contributed by atoms with Gasteiger partial charge >= 0.3 is 0 Å². The molecule has 3 rings (SSSR count). The lowest BCUT2D eigenvalue weighted by Crippen LogP contribution is -2.43. The molecule has 0 bridgehead atoms. The van der Waals surface area contributed by atoms with Crippen molar-refractivity contribution in [3.63, 3.8) is 0 Å². The maximum atomic E-state index is 6.08. The van der Waals surface area contributed by atoms with Crippen LogP contribution in [0, 0.1) is 0 Å². The number of aryl methyl sites for hydroxylation is 1. The quantitative estimate of drug-likeness (QED) is 0.940. The summed E-state index contributed by atoms with van der Waals surface area (Å²) >= 11 is 6.08. The summed E-state index contributed by atoms with van der Waals surface area (Å²) in [6, 6.07) is 6.00. The molecule has 0 saturated carbocycles. The number of hydrogen-bond acceptors (Lipinski definition) is 3. The third-order valence-corrected chi connectivity index (χ3v) is 4.05. The number of imidazole rings is 1. The van der Waals surface area contributed by atoms with Gasteiger partial charge in [-0.05, 0) is 24.6 Å². The van der Waals surface area contributed by atoms with Crippen LogP contribution in [-0.4, -0.2) is 40.6 Å². The molecule has 108 valence electrons. The number of piperazine rings is 1. The molecular weight excluding hydrogens is 272 g/mol. The highest BCUT2D eigenvalue weighted by Crippen LogP contribution is 2.22. The molecule has 1 aliphatic rings. The molecule has 2 aromatic rings. The molecule has 1 aliphatic heterocycles. The van der Waals surface area contributed by atoms with Gasteiger partial charge in [-0.25, -0.2) is 4.98 Å². The SMILES string of the molecule is CCCn1c(CN2CCNCC2)nc2cc(Cl)ccc21. The fraction of sp³-hybridized carbons (Fsp3) is 0.533. The highest BCUT2D eigenvalue weighted by atomic mass is 35.5. The molecule has 20 heavy (non-hydrogen) atoms. The fourth-order valence-corrected chi connectivity index (χ4v) is 2.98. The van der Waals surface area contributed by atoms with E-state index in [0.29, 0.717) is 0 Å². The van der Waals surface area contributed by atoms with E-state index < -0.39 is 0 Å². The van der Waals surface area contributed by atoms with Gasteiger partial charge in [-0.15, -0.1) is 0 Å². The molecule has 2 heterocycles. The molecule has 1 saturated heterocycles. The summed E-state index contributed by atoms with van der Waals surface area (Å²) in [5, 5.41) is 4.14. The van der Waals surface area contributed by atoms with E-state index in [2.05, 4.69) is 27.8 Å². The predicted octanol–water partition coefficient (Wildman–Crippen LogP) is 2.50. The lowest BCUT2D eigenvalue weighted by molar-refractivity contribution is 0.225. The van der Waals surface area contributed by atoms with E-state index in [1.54, 1.807) is 0 Å².